The van der Waals surface area contributed by atoms with Crippen LogP contribution in [0.25, 0.3) is 0 Å². The van der Waals surface area contributed by atoms with Gasteiger partial charge < -0.3 is 15.2 Å². The molecule has 0 aliphatic heterocycles. The Labute approximate surface area is 109 Å². The van der Waals surface area contributed by atoms with Gasteiger partial charge >= 0.3 is 0 Å². The van der Waals surface area contributed by atoms with Crippen LogP contribution >= 0.6 is 0 Å². The number of aromatic nitrogens is 2. The van der Waals surface area contributed by atoms with Crippen molar-refractivity contribution in [2.75, 3.05) is 20.6 Å². The van der Waals surface area contributed by atoms with Gasteiger partial charge in [0.15, 0.2) is 0 Å². The van der Waals surface area contributed by atoms with Crippen molar-refractivity contribution in [1.29, 1.82) is 0 Å². The van der Waals surface area contributed by atoms with Gasteiger partial charge in [-0.15, -0.1) is 0 Å². The van der Waals surface area contributed by atoms with Gasteiger partial charge in [0.25, 0.3) is 5.56 Å². The molecule has 1 aromatic heterocycles. The quantitative estimate of drug-likeness (QED) is 0.820. The molecule has 102 valence electrons. The van der Waals surface area contributed by atoms with Crippen LogP contribution in [0.5, 0.6) is 0 Å². The number of nitrogens with zero attached hydrogens (tertiary/aromatic N) is 2. The molecule has 0 amide bonds. The third-order valence-electron chi connectivity index (χ3n) is 3.30. The van der Waals surface area contributed by atoms with Crippen molar-refractivity contribution in [3.63, 3.8) is 0 Å². The number of rotatable bonds is 5. The van der Waals surface area contributed by atoms with Gasteiger partial charge in [-0.3, -0.25) is 4.79 Å². The Morgan fingerprint density at radius 2 is 1.94 bits per heavy atom. The molecule has 0 spiro atoms. The van der Waals surface area contributed by atoms with Crippen molar-refractivity contribution in [1.82, 2.24) is 20.2 Å². The fourth-order valence-corrected chi connectivity index (χ4v) is 1.88. The molecule has 0 fully saturated rings. The van der Waals surface area contributed by atoms with E-state index in [0.717, 1.165) is 17.8 Å². The average Bonchev–Trinajstić information content (AvgIpc) is 2.24. The van der Waals surface area contributed by atoms with E-state index in [1.807, 2.05) is 27.9 Å². The van der Waals surface area contributed by atoms with Crippen LogP contribution in [0.1, 0.15) is 37.0 Å². The maximum atomic E-state index is 11.9. The lowest BCUT2D eigenvalue weighted by Crippen LogP contribution is -2.38. The largest absolute Gasteiger partial charge is 0.310 e. The standard InChI is InChI=1S/C13H24N4O/c1-8(17(5)6)7-14-9(2)12-10(3)15-11(4)16-13(12)18/h8-9,14H,7H2,1-6H3,(H,15,16,18). The zero-order chi connectivity index (χ0) is 13.9. The van der Waals surface area contributed by atoms with E-state index in [1.54, 1.807) is 6.92 Å². The Morgan fingerprint density at radius 3 is 2.44 bits per heavy atom. The highest BCUT2D eigenvalue weighted by Gasteiger charge is 2.15. The maximum Gasteiger partial charge on any atom is 0.255 e. The van der Waals surface area contributed by atoms with E-state index in [9.17, 15) is 4.79 Å². The second kappa shape index (κ2) is 6.11. The van der Waals surface area contributed by atoms with Gasteiger partial charge in [0.05, 0.1) is 5.56 Å². The fourth-order valence-electron chi connectivity index (χ4n) is 1.88. The number of hydrogen-bond donors (Lipinski definition) is 2. The van der Waals surface area contributed by atoms with Crippen LogP contribution < -0.4 is 10.9 Å². The summed E-state index contributed by atoms with van der Waals surface area (Å²) in [6.07, 6.45) is 0. The van der Waals surface area contributed by atoms with Gasteiger partial charge in [-0.1, -0.05) is 0 Å². The summed E-state index contributed by atoms with van der Waals surface area (Å²) in [5, 5.41) is 3.38. The topological polar surface area (TPSA) is 61.0 Å². The Balaban J connectivity index is 2.79. The normalized spacial score (nSPS) is 14.8. The third-order valence-corrected chi connectivity index (χ3v) is 3.30. The van der Waals surface area contributed by atoms with E-state index in [1.165, 1.54) is 0 Å². The van der Waals surface area contributed by atoms with Crippen LogP contribution in [0.15, 0.2) is 4.79 Å². The van der Waals surface area contributed by atoms with Crippen LogP contribution in [0, 0.1) is 13.8 Å². The predicted octanol–water partition coefficient (Wildman–Crippen LogP) is 0.987. The number of hydrogen-bond acceptors (Lipinski definition) is 4. The van der Waals surface area contributed by atoms with Gasteiger partial charge in [-0.25, -0.2) is 4.98 Å². The van der Waals surface area contributed by atoms with Crippen molar-refractivity contribution in [2.24, 2.45) is 0 Å². The molecule has 2 N–H and O–H groups in total. The summed E-state index contributed by atoms with van der Waals surface area (Å²) in [6.45, 7) is 8.65. The van der Waals surface area contributed by atoms with Gasteiger partial charge in [0.2, 0.25) is 0 Å². The highest BCUT2D eigenvalue weighted by Crippen LogP contribution is 2.10. The molecule has 0 aliphatic carbocycles. The molecule has 18 heavy (non-hydrogen) atoms. The van der Waals surface area contributed by atoms with Crippen LogP contribution in [0.4, 0.5) is 0 Å². The summed E-state index contributed by atoms with van der Waals surface area (Å²) < 4.78 is 0. The second-order valence-corrected chi connectivity index (χ2v) is 5.09. The zero-order valence-electron chi connectivity index (χ0n) is 12.2. The monoisotopic (exact) mass is 252 g/mol. The van der Waals surface area contributed by atoms with Crippen LogP contribution in [0.3, 0.4) is 0 Å². The molecule has 0 saturated carbocycles. The molecule has 5 nitrogen and oxygen atoms in total. The Kier molecular flexibility index (Phi) is 5.04. The Hall–Kier alpha value is -1.20. The number of H-pyrrole nitrogens is 1. The lowest BCUT2D eigenvalue weighted by molar-refractivity contribution is 0.295. The molecule has 0 bridgehead atoms. The maximum absolute atomic E-state index is 11.9. The molecule has 0 aromatic carbocycles. The van der Waals surface area contributed by atoms with E-state index in [2.05, 4.69) is 27.1 Å². The number of aromatic amines is 1. The van der Waals surface area contributed by atoms with Crippen LogP contribution in [0.2, 0.25) is 0 Å². The van der Waals surface area contributed by atoms with E-state index in [0.29, 0.717) is 11.9 Å². The minimum atomic E-state index is -0.0440. The molecule has 1 rings (SSSR count). The number of aryl methyl sites for hydroxylation is 2. The van der Waals surface area contributed by atoms with Gasteiger partial charge in [-0.05, 0) is 41.8 Å². The van der Waals surface area contributed by atoms with Crippen molar-refractivity contribution in [3.8, 4) is 0 Å². The molecule has 1 aromatic rings. The molecule has 0 saturated heterocycles. The van der Waals surface area contributed by atoms with Crippen molar-refractivity contribution < 1.29 is 0 Å². The summed E-state index contributed by atoms with van der Waals surface area (Å²) in [4.78, 5) is 21.1. The summed E-state index contributed by atoms with van der Waals surface area (Å²) in [5.74, 6) is 0.662. The fraction of sp³-hybridized carbons (Fsp3) is 0.692. The first-order chi connectivity index (χ1) is 8.32. The Bertz CT molecular complexity index is 453. The summed E-state index contributed by atoms with van der Waals surface area (Å²) in [7, 11) is 4.09. The molecule has 0 radical (unpaired) electrons. The van der Waals surface area contributed by atoms with E-state index in [-0.39, 0.29) is 11.6 Å². The van der Waals surface area contributed by atoms with Crippen LogP contribution in [-0.4, -0.2) is 41.5 Å². The first kappa shape index (κ1) is 14.9. The lowest BCUT2D eigenvalue weighted by Gasteiger charge is -2.23. The minimum absolute atomic E-state index is 0.00394. The average molecular weight is 252 g/mol. The molecular formula is C13H24N4O. The predicted molar refractivity (Wildman–Crippen MR) is 73.9 cm³/mol. The smallest absolute Gasteiger partial charge is 0.255 e. The summed E-state index contributed by atoms with van der Waals surface area (Å²) in [6, 6.07) is 0.425. The van der Waals surface area contributed by atoms with Crippen molar-refractivity contribution in [2.45, 2.75) is 39.8 Å². The molecule has 1 heterocycles. The second-order valence-electron chi connectivity index (χ2n) is 5.09. The molecule has 5 heteroatoms. The first-order valence-electron chi connectivity index (χ1n) is 6.30. The Morgan fingerprint density at radius 1 is 1.33 bits per heavy atom. The zero-order valence-corrected chi connectivity index (χ0v) is 12.2. The molecule has 2 atom stereocenters. The van der Waals surface area contributed by atoms with Gasteiger partial charge in [-0.2, -0.15) is 0 Å². The van der Waals surface area contributed by atoms with E-state index < -0.39 is 0 Å². The SMILES string of the molecule is Cc1nc(C)c(C(C)NCC(C)N(C)C)c(=O)[nH]1. The summed E-state index contributed by atoms with van der Waals surface area (Å²) in [5.41, 5.74) is 1.48. The molecule has 0 aliphatic rings. The number of likely N-dealkylation sites (N-methyl/N-ethyl adjacent to an activating group) is 1. The third kappa shape index (κ3) is 3.65. The minimum Gasteiger partial charge on any atom is -0.310 e. The van der Waals surface area contributed by atoms with Crippen molar-refractivity contribution >= 4 is 0 Å². The lowest BCUT2D eigenvalue weighted by atomic mass is 10.1. The molecule has 2 unspecified atom stereocenters. The number of nitrogens with one attached hydrogen (secondary N) is 2. The summed E-state index contributed by atoms with van der Waals surface area (Å²) >= 11 is 0. The van der Waals surface area contributed by atoms with Gasteiger partial charge in [0, 0.05) is 24.3 Å². The molecular weight excluding hydrogens is 228 g/mol. The first-order valence-corrected chi connectivity index (χ1v) is 6.30. The van der Waals surface area contributed by atoms with E-state index in [4.69, 9.17) is 0 Å². The van der Waals surface area contributed by atoms with Crippen LogP contribution in [-0.2, 0) is 0 Å². The highest BCUT2D eigenvalue weighted by atomic mass is 16.1. The van der Waals surface area contributed by atoms with Crippen molar-refractivity contribution in [3.05, 3.63) is 27.4 Å². The highest BCUT2D eigenvalue weighted by molar-refractivity contribution is 5.19. The van der Waals surface area contributed by atoms with E-state index >= 15 is 0 Å². The van der Waals surface area contributed by atoms with Gasteiger partial charge in [0.1, 0.15) is 5.82 Å².